The zero-order valence-corrected chi connectivity index (χ0v) is 9.81. The van der Waals surface area contributed by atoms with Crippen LogP contribution in [0.25, 0.3) is 0 Å². The van der Waals surface area contributed by atoms with Gasteiger partial charge in [0.25, 0.3) is 0 Å². The number of carbonyl (C=O) groups is 1. The Bertz CT molecular complexity index is 393. The third-order valence-corrected chi connectivity index (χ3v) is 2.27. The summed E-state index contributed by atoms with van der Waals surface area (Å²) in [7, 11) is 1.29. The molecule has 0 aliphatic rings. The van der Waals surface area contributed by atoms with Crippen LogP contribution in [0.2, 0.25) is 0 Å². The van der Waals surface area contributed by atoms with Crippen molar-refractivity contribution in [3.05, 3.63) is 29.1 Å². The van der Waals surface area contributed by atoms with E-state index < -0.39 is 11.8 Å². The lowest BCUT2D eigenvalue weighted by Gasteiger charge is -2.10. The Hall–Kier alpha value is -1.29. The molecule has 0 fully saturated rings. The molecule has 3 nitrogen and oxygen atoms in total. The molecule has 0 saturated heterocycles. The summed E-state index contributed by atoms with van der Waals surface area (Å²) in [6, 6.07) is 2.70. The zero-order chi connectivity index (χ0) is 12.1. The van der Waals surface area contributed by atoms with Gasteiger partial charge in [-0.25, -0.2) is 9.18 Å². The minimum absolute atomic E-state index is 0.0556. The molecule has 0 saturated carbocycles. The summed E-state index contributed by atoms with van der Waals surface area (Å²) < 4.78 is 23.1. The Labute approximate surface area is 98.1 Å². The summed E-state index contributed by atoms with van der Waals surface area (Å²) in [6.07, 6.45) is 0. The van der Waals surface area contributed by atoms with Gasteiger partial charge in [0.1, 0.15) is 5.56 Å². The normalized spacial score (nSPS) is 10.0. The van der Waals surface area contributed by atoms with E-state index in [-0.39, 0.29) is 23.8 Å². The lowest BCUT2D eigenvalue weighted by molar-refractivity contribution is 0.0521. The van der Waals surface area contributed by atoms with Crippen molar-refractivity contribution in [2.24, 2.45) is 0 Å². The van der Waals surface area contributed by atoms with Gasteiger partial charge in [-0.3, -0.25) is 0 Å². The minimum Gasteiger partial charge on any atom is -0.493 e. The highest BCUT2D eigenvalue weighted by atomic mass is 35.5. The summed E-state index contributed by atoms with van der Waals surface area (Å²) in [5.41, 5.74) is 0.558. The van der Waals surface area contributed by atoms with Crippen LogP contribution in [0.15, 0.2) is 12.1 Å². The molecule has 1 aromatic rings. The van der Waals surface area contributed by atoms with Crippen LogP contribution in [-0.4, -0.2) is 19.7 Å². The average Bonchev–Trinajstić information content (AvgIpc) is 2.28. The largest absolute Gasteiger partial charge is 0.493 e. The fourth-order valence-electron chi connectivity index (χ4n) is 1.29. The van der Waals surface area contributed by atoms with Crippen LogP contribution in [0, 0.1) is 5.82 Å². The van der Waals surface area contributed by atoms with Crippen molar-refractivity contribution in [1.82, 2.24) is 0 Å². The van der Waals surface area contributed by atoms with E-state index in [0.717, 1.165) is 0 Å². The van der Waals surface area contributed by atoms with Crippen molar-refractivity contribution in [3.8, 4) is 5.75 Å². The smallest absolute Gasteiger partial charge is 0.342 e. The van der Waals surface area contributed by atoms with Crippen molar-refractivity contribution in [2.45, 2.75) is 12.8 Å². The molecule has 1 aromatic carbocycles. The zero-order valence-electron chi connectivity index (χ0n) is 9.05. The molecule has 5 heteroatoms. The highest BCUT2D eigenvalue weighted by Crippen LogP contribution is 2.26. The molecule has 88 valence electrons. The van der Waals surface area contributed by atoms with Crippen LogP contribution in [0.4, 0.5) is 4.39 Å². The van der Waals surface area contributed by atoms with Crippen LogP contribution in [-0.2, 0) is 10.6 Å². The monoisotopic (exact) mass is 246 g/mol. The van der Waals surface area contributed by atoms with Gasteiger partial charge in [-0.15, -0.1) is 11.6 Å². The maximum absolute atomic E-state index is 13.5. The predicted molar refractivity (Wildman–Crippen MR) is 58.5 cm³/mol. The second-order valence-corrected chi connectivity index (χ2v) is 3.28. The molecule has 0 heterocycles. The number of halogens is 2. The van der Waals surface area contributed by atoms with Gasteiger partial charge in [0.15, 0.2) is 11.6 Å². The van der Waals surface area contributed by atoms with Crippen LogP contribution in [0.1, 0.15) is 22.8 Å². The quantitative estimate of drug-likeness (QED) is 0.605. The summed E-state index contributed by atoms with van der Waals surface area (Å²) in [5.74, 6) is -1.24. The van der Waals surface area contributed by atoms with Crippen molar-refractivity contribution in [3.63, 3.8) is 0 Å². The van der Waals surface area contributed by atoms with E-state index in [1.165, 1.54) is 19.2 Å². The van der Waals surface area contributed by atoms with Gasteiger partial charge in [-0.1, -0.05) is 0 Å². The molecule has 0 spiro atoms. The number of rotatable bonds is 4. The van der Waals surface area contributed by atoms with Crippen molar-refractivity contribution in [1.29, 1.82) is 0 Å². The molecule has 0 aliphatic carbocycles. The minimum atomic E-state index is -0.622. The maximum atomic E-state index is 13.5. The van der Waals surface area contributed by atoms with E-state index in [0.29, 0.717) is 5.56 Å². The van der Waals surface area contributed by atoms with Gasteiger partial charge in [-0.05, 0) is 24.6 Å². The van der Waals surface area contributed by atoms with Crippen molar-refractivity contribution >= 4 is 17.6 Å². The number of hydrogen-bond acceptors (Lipinski definition) is 3. The number of esters is 1. The number of methoxy groups -OCH3 is 1. The topological polar surface area (TPSA) is 35.5 Å². The summed E-state index contributed by atoms with van der Waals surface area (Å²) in [6.45, 7) is 1.89. The Morgan fingerprint density at radius 1 is 1.50 bits per heavy atom. The summed E-state index contributed by atoms with van der Waals surface area (Å²) in [4.78, 5) is 11.5. The van der Waals surface area contributed by atoms with Gasteiger partial charge >= 0.3 is 5.97 Å². The summed E-state index contributed by atoms with van der Waals surface area (Å²) >= 11 is 5.59. The molecule has 0 bridgehead atoms. The van der Waals surface area contributed by atoms with Crippen LogP contribution in [0.3, 0.4) is 0 Å². The Morgan fingerprint density at radius 2 is 2.19 bits per heavy atom. The lowest BCUT2D eigenvalue weighted by atomic mass is 10.1. The third-order valence-electron chi connectivity index (χ3n) is 1.96. The summed E-state index contributed by atoms with van der Waals surface area (Å²) in [5, 5.41) is 0. The van der Waals surface area contributed by atoms with Gasteiger partial charge < -0.3 is 9.47 Å². The number of ether oxygens (including phenoxy) is 2. The van der Waals surface area contributed by atoms with E-state index in [4.69, 9.17) is 21.1 Å². The van der Waals surface area contributed by atoms with E-state index in [1.54, 1.807) is 6.92 Å². The standard InChI is InChI=1S/C11H12ClFO3/c1-3-16-11(14)8-4-7(6-12)5-9(13)10(8)15-2/h4-5H,3,6H2,1-2H3. The van der Waals surface area contributed by atoms with Gasteiger partial charge in [0.2, 0.25) is 0 Å². The lowest BCUT2D eigenvalue weighted by Crippen LogP contribution is -2.08. The molecule has 0 aliphatic heterocycles. The fraction of sp³-hybridized carbons (Fsp3) is 0.364. The maximum Gasteiger partial charge on any atom is 0.342 e. The first-order valence-electron chi connectivity index (χ1n) is 4.73. The number of hydrogen-bond donors (Lipinski definition) is 0. The first-order chi connectivity index (χ1) is 7.63. The molecule has 0 unspecified atom stereocenters. The molecule has 0 atom stereocenters. The number of benzene rings is 1. The Kier molecular flexibility index (Phi) is 4.55. The molecule has 1 rings (SSSR count). The van der Waals surface area contributed by atoms with Gasteiger partial charge in [0.05, 0.1) is 13.7 Å². The molecular formula is C11H12ClFO3. The van der Waals surface area contributed by atoms with E-state index in [9.17, 15) is 9.18 Å². The highest BCUT2D eigenvalue weighted by Gasteiger charge is 2.18. The molecule has 16 heavy (non-hydrogen) atoms. The predicted octanol–water partition coefficient (Wildman–Crippen LogP) is 2.75. The fourth-order valence-corrected chi connectivity index (χ4v) is 1.45. The first kappa shape index (κ1) is 12.8. The SMILES string of the molecule is CCOC(=O)c1cc(CCl)cc(F)c1OC. The van der Waals surface area contributed by atoms with Crippen LogP contribution < -0.4 is 4.74 Å². The van der Waals surface area contributed by atoms with E-state index in [1.807, 2.05) is 0 Å². The van der Waals surface area contributed by atoms with E-state index in [2.05, 4.69) is 0 Å². The molecule has 0 N–H and O–H groups in total. The second-order valence-electron chi connectivity index (χ2n) is 3.01. The Morgan fingerprint density at radius 3 is 2.69 bits per heavy atom. The van der Waals surface area contributed by atoms with Crippen LogP contribution in [0.5, 0.6) is 5.75 Å². The molecule has 0 amide bonds. The van der Waals surface area contributed by atoms with E-state index >= 15 is 0 Å². The highest BCUT2D eigenvalue weighted by molar-refractivity contribution is 6.17. The molecular weight excluding hydrogens is 235 g/mol. The van der Waals surface area contributed by atoms with Gasteiger partial charge in [-0.2, -0.15) is 0 Å². The third kappa shape index (κ3) is 2.64. The molecule has 0 radical (unpaired) electrons. The van der Waals surface area contributed by atoms with Gasteiger partial charge in [0, 0.05) is 5.88 Å². The molecule has 0 aromatic heterocycles. The van der Waals surface area contributed by atoms with Crippen LogP contribution >= 0.6 is 11.6 Å². The number of carbonyl (C=O) groups excluding carboxylic acids is 1. The first-order valence-corrected chi connectivity index (χ1v) is 5.27. The van der Waals surface area contributed by atoms with Crippen molar-refractivity contribution < 1.29 is 18.7 Å². The number of alkyl halides is 1. The average molecular weight is 247 g/mol. The van der Waals surface area contributed by atoms with Crippen molar-refractivity contribution in [2.75, 3.05) is 13.7 Å². The second kappa shape index (κ2) is 5.70. The Balaban J connectivity index is 3.22.